The Morgan fingerprint density at radius 2 is 1.91 bits per heavy atom. The van der Waals surface area contributed by atoms with Crippen molar-refractivity contribution in [1.29, 1.82) is 0 Å². The molecule has 23 heavy (non-hydrogen) atoms. The number of rotatable bonds is 5. The quantitative estimate of drug-likeness (QED) is 0.861. The van der Waals surface area contributed by atoms with E-state index in [4.69, 9.17) is 4.74 Å². The third kappa shape index (κ3) is 4.01. The first-order chi connectivity index (χ1) is 11.2. The van der Waals surface area contributed by atoms with Gasteiger partial charge in [0.25, 0.3) is 0 Å². The lowest BCUT2D eigenvalue weighted by Gasteiger charge is -2.30. The Labute approximate surface area is 136 Å². The van der Waals surface area contributed by atoms with Crippen LogP contribution in [0.1, 0.15) is 19.3 Å². The molecular formula is C17H23N3O3. The predicted octanol–water partition coefficient (Wildman–Crippen LogP) is 1.38. The van der Waals surface area contributed by atoms with Gasteiger partial charge in [-0.1, -0.05) is 18.6 Å². The SMILES string of the molecule is O=C(CNC(=O)C1CCC1)Nc1ccccc1N1CCOCC1. The fourth-order valence-electron chi connectivity index (χ4n) is 2.84. The third-order valence-corrected chi connectivity index (χ3v) is 4.43. The number of anilines is 2. The van der Waals surface area contributed by atoms with E-state index >= 15 is 0 Å². The smallest absolute Gasteiger partial charge is 0.243 e. The molecule has 124 valence electrons. The molecule has 2 aliphatic rings. The standard InChI is InChI=1S/C17H23N3O3/c21-16(12-18-17(22)13-4-3-5-13)19-14-6-1-2-7-15(14)20-8-10-23-11-9-20/h1-2,6-7,13H,3-5,8-12H2,(H,18,22)(H,19,21). The molecule has 0 radical (unpaired) electrons. The van der Waals surface area contributed by atoms with Gasteiger partial charge in [0.2, 0.25) is 11.8 Å². The maximum Gasteiger partial charge on any atom is 0.243 e. The van der Waals surface area contributed by atoms with Crippen molar-refractivity contribution in [2.24, 2.45) is 5.92 Å². The number of para-hydroxylation sites is 2. The highest BCUT2D eigenvalue weighted by Crippen LogP contribution is 2.27. The van der Waals surface area contributed by atoms with E-state index in [1.807, 2.05) is 24.3 Å². The molecule has 2 N–H and O–H groups in total. The zero-order valence-corrected chi connectivity index (χ0v) is 13.2. The Kier molecular flexibility index (Phi) is 5.12. The molecule has 2 amide bonds. The molecule has 3 rings (SSSR count). The number of amides is 2. The van der Waals surface area contributed by atoms with Crippen molar-refractivity contribution in [3.05, 3.63) is 24.3 Å². The van der Waals surface area contributed by atoms with Gasteiger partial charge in [0, 0.05) is 19.0 Å². The lowest BCUT2D eigenvalue weighted by molar-refractivity contribution is -0.129. The molecule has 1 aromatic carbocycles. The number of nitrogens with zero attached hydrogens (tertiary/aromatic N) is 1. The van der Waals surface area contributed by atoms with Crippen molar-refractivity contribution in [1.82, 2.24) is 5.32 Å². The summed E-state index contributed by atoms with van der Waals surface area (Å²) in [5, 5.41) is 5.62. The number of ether oxygens (including phenoxy) is 1. The van der Waals surface area contributed by atoms with Crippen LogP contribution in [0.15, 0.2) is 24.3 Å². The highest BCUT2D eigenvalue weighted by molar-refractivity contribution is 5.97. The molecule has 2 fully saturated rings. The second-order valence-corrected chi connectivity index (χ2v) is 6.01. The number of benzene rings is 1. The second kappa shape index (κ2) is 7.46. The zero-order valence-electron chi connectivity index (χ0n) is 13.2. The minimum atomic E-state index is -0.196. The van der Waals surface area contributed by atoms with Crippen LogP contribution in [-0.4, -0.2) is 44.7 Å². The average molecular weight is 317 g/mol. The van der Waals surface area contributed by atoms with E-state index in [-0.39, 0.29) is 24.3 Å². The van der Waals surface area contributed by atoms with Gasteiger partial charge < -0.3 is 20.3 Å². The summed E-state index contributed by atoms with van der Waals surface area (Å²) in [6.07, 6.45) is 2.98. The second-order valence-electron chi connectivity index (χ2n) is 6.01. The van der Waals surface area contributed by atoms with E-state index in [1.54, 1.807) is 0 Å². The topological polar surface area (TPSA) is 70.7 Å². The highest BCUT2D eigenvalue weighted by atomic mass is 16.5. The van der Waals surface area contributed by atoms with Gasteiger partial charge in [-0.3, -0.25) is 9.59 Å². The van der Waals surface area contributed by atoms with E-state index in [9.17, 15) is 9.59 Å². The summed E-state index contributed by atoms with van der Waals surface area (Å²) in [7, 11) is 0. The predicted molar refractivity (Wildman–Crippen MR) is 88.5 cm³/mol. The van der Waals surface area contributed by atoms with Crippen LogP contribution in [0.5, 0.6) is 0 Å². The molecule has 0 aromatic heterocycles. The fraction of sp³-hybridized carbons (Fsp3) is 0.529. The van der Waals surface area contributed by atoms with Crippen LogP contribution in [0, 0.1) is 5.92 Å². The minimum absolute atomic E-state index is 0.00661. The van der Waals surface area contributed by atoms with Crippen molar-refractivity contribution in [2.45, 2.75) is 19.3 Å². The number of carbonyl (C=O) groups is 2. The van der Waals surface area contributed by atoms with E-state index in [1.165, 1.54) is 0 Å². The Balaban J connectivity index is 1.56. The largest absolute Gasteiger partial charge is 0.378 e. The molecule has 0 unspecified atom stereocenters. The molecule has 6 nitrogen and oxygen atoms in total. The van der Waals surface area contributed by atoms with Gasteiger partial charge in [-0.05, 0) is 25.0 Å². The molecule has 1 aliphatic carbocycles. The number of morpholine rings is 1. The first kappa shape index (κ1) is 15.8. The normalized spacial score (nSPS) is 18.2. The van der Waals surface area contributed by atoms with Crippen molar-refractivity contribution < 1.29 is 14.3 Å². The Morgan fingerprint density at radius 1 is 1.17 bits per heavy atom. The van der Waals surface area contributed by atoms with Crippen LogP contribution in [0.3, 0.4) is 0 Å². The summed E-state index contributed by atoms with van der Waals surface area (Å²) < 4.78 is 5.37. The average Bonchev–Trinajstić information content (AvgIpc) is 2.53. The zero-order chi connectivity index (χ0) is 16.1. The molecule has 0 atom stereocenters. The van der Waals surface area contributed by atoms with Gasteiger partial charge in [-0.25, -0.2) is 0 Å². The maximum atomic E-state index is 12.1. The maximum absolute atomic E-state index is 12.1. The summed E-state index contributed by atoms with van der Waals surface area (Å²) in [6, 6.07) is 7.73. The molecule has 1 aliphatic heterocycles. The van der Waals surface area contributed by atoms with E-state index < -0.39 is 0 Å². The number of hydrogen-bond acceptors (Lipinski definition) is 4. The van der Waals surface area contributed by atoms with Crippen LogP contribution < -0.4 is 15.5 Å². The molecule has 1 aromatic rings. The highest BCUT2D eigenvalue weighted by Gasteiger charge is 2.25. The lowest BCUT2D eigenvalue weighted by atomic mass is 9.85. The summed E-state index contributed by atoms with van der Waals surface area (Å²) in [5.41, 5.74) is 1.77. The minimum Gasteiger partial charge on any atom is -0.378 e. The molecule has 0 bridgehead atoms. The molecule has 1 saturated carbocycles. The van der Waals surface area contributed by atoms with Crippen LogP contribution >= 0.6 is 0 Å². The monoisotopic (exact) mass is 317 g/mol. The van der Waals surface area contributed by atoms with Crippen LogP contribution in [-0.2, 0) is 14.3 Å². The van der Waals surface area contributed by atoms with Gasteiger partial charge in [0.1, 0.15) is 0 Å². The van der Waals surface area contributed by atoms with Gasteiger partial charge in [-0.2, -0.15) is 0 Å². The van der Waals surface area contributed by atoms with Crippen molar-refractivity contribution in [3.63, 3.8) is 0 Å². The van der Waals surface area contributed by atoms with Crippen molar-refractivity contribution in [2.75, 3.05) is 43.1 Å². The fourth-order valence-corrected chi connectivity index (χ4v) is 2.84. The van der Waals surface area contributed by atoms with E-state index in [0.717, 1.165) is 43.7 Å². The van der Waals surface area contributed by atoms with E-state index in [0.29, 0.717) is 13.2 Å². The van der Waals surface area contributed by atoms with Crippen LogP contribution in [0.4, 0.5) is 11.4 Å². The van der Waals surface area contributed by atoms with Crippen LogP contribution in [0.25, 0.3) is 0 Å². The Morgan fingerprint density at radius 3 is 2.61 bits per heavy atom. The van der Waals surface area contributed by atoms with E-state index in [2.05, 4.69) is 15.5 Å². The molecule has 6 heteroatoms. The number of carbonyl (C=O) groups excluding carboxylic acids is 2. The van der Waals surface area contributed by atoms with Gasteiger partial charge in [-0.15, -0.1) is 0 Å². The van der Waals surface area contributed by atoms with Gasteiger partial charge in [0.05, 0.1) is 31.1 Å². The molecule has 0 spiro atoms. The first-order valence-electron chi connectivity index (χ1n) is 8.23. The summed E-state index contributed by atoms with van der Waals surface area (Å²) in [4.78, 5) is 26.1. The molecular weight excluding hydrogens is 294 g/mol. The Hall–Kier alpha value is -2.08. The summed E-state index contributed by atoms with van der Waals surface area (Å²) in [5.74, 6) is -0.102. The van der Waals surface area contributed by atoms with Gasteiger partial charge in [0.15, 0.2) is 0 Å². The number of hydrogen-bond donors (Lipinski definition) is 2. The first-order valence-corrected chi connectivity index (χ1v) is 8.23. The van der Waals surface area contributed by atoms with Crippen molar-refractivity contribution >= 4 is 23.2 Å². The molecule has 1 heterocycles. The van der Waals surface area contributed by atoms with Crippen molar-refractivity contribution in [3.8, 4) is 0 Å². The third-order valence-electron chi connectivity index (χ3n) is 4.43. The van der Waals surface area contributed by atoms with Gasteiger partial charge >= 0.3 is 0 Å². The van der Waals surface area contributed by atoms with Crippen LogP contribution in [0.2, 0.25) is 0 Å². The summed E-state index contributed by atoms with van der Waals surface area (Å²) >= 11 is 0. The molecule has 1 saturated heterocycles. The summed E-state index contributed by atoms with van der Waals surface area (Å²) in [6.45, 7) is 3.03. The lowest BCUT2D eigenvalue weighted by Crippen LogP contribution is -2.39. The number of nitrogens with one attached hydrogen (secondary N) is 2. The Bertz CT molecular complexity index is 566.